The fourth-order valence-electron chi connectivity index (χ4n) is 1.82. The highest BCUT2D eigenvalue weighted by molar-refractivity contribution is 9.10. The summed E-state index contributed by atoms with van der Waals surface area (Å²) in [5, 5.41) is 3.33. The van der Waals surface area contributed by atoms with Gasteiger partial charge < -0.3 is 5.32 Å². The highest BCUT2D eigenvalue weighted by atomic mass is 79.9. The summed E-state index contributed by atoms with van der Waals surface area (Å²) in [5.41, 5.74) is 4.53. The second kappa shape index (κ2) is 6.12. The van der Waals surface area contributed by atoms with Gasteiger partial charge in [0, 0.05) is 22.3 Å². The number of benzene rings is 1. The molecule has 0 radical (unpaired) electrons. The Labute approximate surface area is 117 Å². The summed E-state index contributed by atoms with van der Waals surface area (Å²) in [5.74, 6) is 0. The Morgan fingerprint density at radius 3 is 2.44 bits per heavy atom. The summed E-state index contributed by atoms with van der Waals surface area (Å²) >= 11 is 3.44. The molecule has 0 bridgehead atoms. The molecular formula is C15H17BrN2. The van der Waals surface area contributed by atoms with Gasteiger partial charge in [0.15, 0.2) is 0 Å². The van der Waals surface area contributed by atoms with Gasteiger partial charge in [0.05, 0.1) is 5.69 Å². The maximum Gasteiger partial charge on any atom is 0.0705 e. The number of aryl methyl sites for hydroxylation is 1. The molecule has 1 aromatic heterocycles. The van der Waals surface area contributed by atoms with Gasteiger partial charge in [-0.3, -0.25) is 4.98 Å². The van der Waals surface area contributed by atoms with E-state index in [1.807, 2.05) is 12.1 Å². The van der Waals surface area contributed by atoms with E-state index in [1.165, 1.54) is 5.56 Å². The number of hydrogen-bond acceptors (Lipinski definition) is 2. The minimum Gasteiger partial charge on any atom is -0.313 e. The summed E-state index contributed by atoms with van der Waals surface area (Å²) in [6.07, 6.45) is 0. The molecule has 0 atom stereocenters. The first-order valence-corrected chi connectivity index (χ1v) is 6.93. The summed E-state index contributed by atoms with van der Waals surface area (Å²) in [6, 6.07) is 12.5. The molecule has 18 heavy (non-hydrogen) atoms. The number of nitrogens with zero attached hydrogens (tertiary/aromatic N) is 1. The van der Waals surface area contributed by atoms with Crippen molar-refractivity contribution in [2.45, 2.75) is 20.4 Å². The zero-order chi connectivity index (χ0) is 13.0. The van der Waals surface area contributed by atoms with Crippen molar-refractivity contribution < 1.29 is 0 Å². The Morgan fingerprint density at radius 1 is 1.11 bits per heavy atom. The second-order valence-electron chi connectivity index (χ2n) is 4.23. The fourth-order valence-corrected chi connectivity index (χ4v) is 2.08. The van der Waals surface area contributed by atoms with Crippen molar-refractivity contribution in [3.05, 3.63) is 52.1 Å². The van der Waals surface area contributed by atoms with Crippen LogP contribution in [0.1, 0.15) is 18.2 Å². The first kappa shape index (κ1) is 13.2. The van der Waals surface area contributed by atoms with Crippen molar-refractivity contribution in [2.24, 2.45) is 0 Å². The standard InChI is InChI=1S/C15H17BrN2/c1-3-17-10-13-6-9-15(18-11(13)2)12-4-7-14(16)8-5-12/h4-9,17H,3,10H2,1-2H3. The molecule has 0 saturated carbocycles. The molecule has 94 valence electrons. The molecule has 0 amide bonds. The molecule has 2 aromatic rings. The van der Waals surface area contributed by atoms with E-state index in [1.54, 1.807) is 0 Å². The van der Waals surface area contributed by atoms with Crippen molar-refractivity contribution in [1.82, 2.24) is 10.3 Å². The zero-order valence-electron chi connectivity index (χ0n) is 10.7. The lowest BCUT2D eigenvalue weighted by Gasteiger charge is -2.08. The van der Waals surface area contributed by atoms with Crippen molar-refractivity contribution in [3.8, 4) is 11.3 Å². The number of nitrogens with one attached hydrogen (secondary N) is 1. The van der Waals surface area contributed by atoms with Crippen LogP contribution in [0.4, 0.5) is 0 Å². The van der Waals surface area contributed by atoms with Crippen LogP contribution in [0, 0.1) is 6.92 Å². The Balaban J connectivity index is 2.25. The van der Waals surface area contributed by atoms with Gasteiger partial charge in [0.25, 0.3) is 0 Å². The predicted molar refractivity (Wildman–Crippen MR) is 79.5 cm³/mol. The summed E-state index contributed by atoms with van der Waals surface area (Å²) in [4.78, 5) is 4.67. The van der Waals surface area contributed by atoms with Gasteiger partial charge in [0.1, 0.15) is 0 Å². The largest absolute Gasteiger partial charge is 0.313 e. The number of halogens is 1. The molecule has 0 aliphatic carbocycles. The van der Waals surface area contributed by atoms with E-state index in [2.05, 4.69) is 64.3 Å². The van der Waals surface area contributed by atoms with Crippen molar-refractivity contribution in [2.75, 3.05) is 6.54 Å². The van der Waals surface area contributed by atoms with Gasteiger partial charge >= 0.3 is 0 Å². The van der Waals surface area contributed by atoms with Crippen LogP contribution < -0.4 is 5.32 Å². The number of rotatable bonds is 4. The molecule has 1 aromatic carbocycles. The summed E-state index contributed by atoms with van der Waals surface area (Å²) < 4.78 is 1.09. The molecule has 0 unspecified atom stereocenters. The maximum atomic E-state index is 4.67. The van der Waals surface area contributed by atoms with Gasteiger partial charge in [-0.1, -0.05) is 41.1 Å². The lowest BCUT2D eigenvalue weighted by atomic mass is 10.1. The highest BCUT2D eigenvalue weighted by Gasteiger charge is 2.03. The molecule has 1 heterocycles. The highest BCUT2D eigenvalue weighted by Crippen LogP contribution is 2.21. The van der Waals surface area contributed by atoms with Crippen LogP contribution >= 0.6 is 15.9 Å². The predicted octanol–water partition coefficient (Wildman–Crippen LogP) is 3.93. The Hall–Kier alpha value is -1.19. The quantitative estimate of drug-likeness (QED) is 0.926. The number of hydrogen-bond donors (Lipinski definition) is 1. The van der Waals surface area contributed by atoms with Gasteiger partial charge in [-0.05, 0) is 37.2 Å². The lowest BCUT2D eigenvalue weighted by molar-refractivity contribution is 0.720. The third-order valence-corrected chi connectivity index (χ3v) is 3.43. The normalized spacial score (nSPS) is 10.6. The molecular weight excluding hydrogens is 288 g/mol. The molecule has 0 spiro atoms. The number of pyridine rings is 1. The van der Waals surface area contributed by atoms with Crippen LogP contribution in [0.5, 0.6) is 0 Å². The third-order valence-electron chi connectivity index (χ3n) is 2.90. The van der Waals surface area contributed by atoms with Crippen LogP contribution in [-0.4, -0.2) is 11.5 Å². The molecule has 0 fully saturated rings. The minimum absolute atomic E-state index is 0.885. The average Bonchev–Trinajstić information content (AvgIpc) is 2.38. The van der Waals surface area contributed by atoms with Crippen molar-refractivity contribution in [1.29, 1.82) is 0 Å². The van der Waals surface area contributed by atoms with Crippen molar-refractivity contribution in [3.63, 3.8) is 0 Å². The van der Waals surface area contributed by atoms with E-state index in [-0.39, 0.29) is 0 Å². The first-order valence-electron chi connectivity index (χ1n) is 6.14. The van der Waals surface area contributed by atoms with Crippen molar-refractivity contribution >= 4 is 15.9 Å². The van der Waals surface area contributed by atoms with E-state index < -0.39 is 0 Å². The van der Waals surface area contributed by atoms with E-state index in [9.17, 15) is 0 Å². The second-order valence-corrected chi connectivity index (χ2v) is 5.14. The smallest absolute Gasteiger partial charge is 0.0705 e. The van der Waals surface area contributed by atoms with Crippen LogP contribution in [0.3, 0.4) is 0 Å². The Bertz CT molecular complexity index is 521. The van der Waals surface area contributed by atoms with Crippen LogP contribution in [-0.2, 0) is 6.54 Å². The third kappa shape index (κ3) is 3.18. The molecule has 2 rings (SSSR count). The molecule has 2 nitrogen and oxygen atoms in total. The fraction of sp³-hybridized carbons (Fsp3) is 0.267. The van der Waals surface area contributed by atoms with E-state index in [4.69, 9.17) is 0 Å². The van der Waals surface area contributed by atoms with Gasteiger partial charge in [-0.2, -0.15) is 0 Å². The average molecular weight is 305 g/mol. The zero-order valence-corrected chi connectivity index (χ0v) is 12.3. The molecule has 1 N–H and O–H groups in total. The van der Waals surface area contributed by atoms with E-state index in [0.29, 0.717) is 0 Å². The van der Waals surface area contributed by atoms with Gasteiger partial charge in [-0.25, -0.2) is 0 Å². The van der Waals surface area contributed by atoms with Gasteiger partial charge in [-0.15, -0.1) is 0 Å². The van der Waals surface area contributed by atoms with Crippen LogP contribution in [0.2, 0.25) is 0 Å². The maximum absolute atomic E-state index is 4.67. The molecule has 0 aliphatic heterocycles. The Kier molecular flexibility index (Phi) is 4.50. The number of aromatic nitrogens is 1. The summed E-state index contributed by atoms with van der Waals surface area (Å²) in [6.45, 7) is 6.04. The molecule has 0 saturated heterocycles. The monoisotopic (exact) mass is 304 g/mol. The lowest BCUT2D eigenvalue weighted by Crippen LogP contribution is -2.13. The SMILES string of the molecule is CCNCc1ccc(-c2ccc(Br)cc2)nc1C. The summed E-state index contributed by atoms with van der Waals surface area (Å²) in [7, 11) is 0. The topological polar surface area (TPSA) is 24.9 Å². The molecule has 0 aliphatic rings. The van der Waals surface area contributed by atoms with Gasteiger partial charge in [0.2, 0.25) is 0 Å². The van der Waals surface area contributed by atoms with E-state index >= 15 is 0 Å². The first-order chi connectivity index (χ1) is 8.70. The van der Waals surface area contributed by atoms with Crippen LogP contribution in [0.25, 0.3) is 11.3 Å². The van der Waals surface area contributed by atoms with Crippen LogP contribution in [0.15, 0.2) is 40.9 Å². The Morgan fingerprint density at radius 2 is 1.83 bits per heavy atom. The minimum atomic E-state index is 0.885. The van der Waals surface area contributed by atoms with E-state index in [0.717, 1.165) is 34.5 Å². The molecule has 3 heteroatoms.